The van der Waals surface area contributed by atoms with Gasteiger partial charge in [0.05, 0.1) is 41.5 Å². The fourth-order valence-electron chi connectivity index (χ4n) is 6.73. The zero-order valence-corrected chi connectivity index (χ0v) is 36.3. The molecule has 2 aliphatic rings. The van der Waals surface area contributed by atoms with Gasteiger partial charge in [-0.25, -0.2) is 33.1 Å². The summed E-state index contributed by atoms with van der Waals surface area (Å²) in [5.74, 6) is 2.37. The van der Waals surface area contributed by atoms with Crippen LogP contribution in [0, 0.1) is 13.8 Å². The lowest BCUT2D eigenvalue weighted by molar-refractivity contribution is -0.141. The van der Waals surface area contributed by atoms with Crippen molar-refractivity contribution in [2.75, 3.05) is 75.8 Å². The van der Waals surface area contributed by atoms with E-state index in [-0.39, 0.29) is 23.2 Å². The molecule has 1 atom stereocenters. The van der Waals surface area contributed by atoms with E-state index in [1.165, 1.54) is 11.2 Å². The molecule has 2 saturated heterocycles. The molecule has 320 valence electrons. The zero-order valence-electron chi connectivity index (χ0n) is 35.5. The second-order valence-corrected chi connectivity index (χ2v) is 19.5. The van der Waals surface area contributed by atoms with Crippen LogP contribution in [-0.2, 0) is 19.4 Å². The molecule has 2 N–H and O–H groups in total. The standard InChI is InChI=1S/C40H57N11O7S/c1-26-27(2)46-47-34(26)45-35-30-21-33(59(54,55)40(7,8)9)32(22-31(30)43-25-44-35)57-19-10-11-48-12-14-50(15-13-48)37-41-23-29(24-42-37)56-20-18-49-16-17-51(28(3)36(49)52)38(53)58-39(4,5)6/h21-25,28H,10-20H2,1-9H3,(H2,43,44,45,46,47)/t28-/m1/s1. The van der Waals surface area contributed by atoms with Crippen molar-refractivity contribution in [3.05, 3.63) is 42.1 Å². The molecule has 0 unspecified atom stereocenters. The number of carbonyl (C=O) groups is 2. The highest BCUT2D eigenvalue weighted by atomic mass is 32.2. The number of carbonyl (C=O) groups excluding carboxylic acids is 2. The molecule has 0 saturated carbocycles. The minimum absolute atomic E-state index is 0.0952. The number of nitrogens with one attached hydrogen (secondary N) is 2. The Morgan fingerprint density at radius 3 is 2.27 bits per heavy atom. The normalized spacial score (nSPS) is 17.1. The Morgan fingerprint density at radius 1 is 0.915 bits per heavy atom. The number of aromatic amines is 1. The number of aryl methyl sites for hydroxylation is 1. The largest absolute Gasteiger partial charge is 0.492 e. The number of fused-ring (bicyclic) bond motifs is 1. The van der Waals surface area contributed by atoms with Crippen molar-refractivity contribution in [3.8, 4) is 11.5 Å². The van der Waals surface area contributed by atoms with Crippen LogP contribution in [0.1, 0.15) is 66.1 Å². The number of hydrogen-bond acceptors (Lipinski definition) is 15. The summed E-state index contributed by atoms with van der Waals surface area (Å²) in [6.45, 7) is 21.6. The molecular formula is C40H57N11O7S. The van der Waals surface area contributed by atoms with Crippen molar-refractivity contribution in [2.45, 2.75) is 90.0 Å². The van der Waals surface area contributed by atoms with E-state index in [2.05, 4.69) is 45.2 Å². The van der Waals surface area contributed by atoms with Crippen molar-refractivity contribution < 1.29 is 32.2 Å². The summed E-state index contributed by atoms with van der Waals surface area (Å²) in [6.07, 6.45) is 4.92. The van der Waals surface area contributed by atoms with Gasteiger partial charge in [-0.15, -0.1) is 0 Å². The van der Waals surface area contributed by atoms with E-state index in [0.29, 0.717) is 66.9 Å². The number of hydrogen-bond donors (Lipinski definition) is 2. The molecule has 0 spiro atoms. The lowest BCUT2D eigenvalue weighted by Gasteiger charge is -2.39. The van der Waals surface area contributed by atoms with E-state index in [1.54, 1.807) is 77.9 Å². The second-order valence-electron chi connectivity index (χ2n) is 16.9. The van der Waals surface area contributed by atoms with Crippen LogP contribution in [0.15, 0.2) is 35.7 Å². The summed E-state index contributed by atoms with van der Waals surface area (Å²) >= 11 is 0. The maximum atomic E-state index is 13.9. The number of piperazine rings is 2. The maximum Gasteiger partial charge on any atom is 0.411 e. The molecule has 0 aliphatic carbocycles. The van der Waals surface area contributed by atoms with Gasteiger partial charge in [0.25, 0.3) is 0 Å². The van der Waals surface area contributed by atoms with Gasteiger partial charge in [-0.1, -0.05) is 0 Å². The second kappa shape index (κ2) is 17.5. The first-order chi connectivity index (χ1) is 27.8. The maximum absolute atomic E-state index is 13.9. The quantitative estimate of drug-likeness (QED) is 0.178. The summed E-state index contributed by atoms with van der Waals surface area (Å²) in [5, 5.41) is 11.0. The van der Waals surface area contributed by atoms with Gasteiger partial charge in [0.2, 0.25) is 11.9 Å². The van der Waals surface area contributed by atoms with Crippen LogP contribution in [0.4, 0.5) is 22.4 Å². The first-order valence-electron chi connectivity index (χ1n) is 20.0. The first-order valence-corrected chi connectivity index (χ1v) is 21.5. The molecule has 2 aliphatic heterocycles. The third-order valence-corrected chi connectivity index (χ3v) is 13.0. The van der Waals surface area contributed by atoms with Crippen LogP contribution in [0.2, 0.25) is 0 Å². The Kier molecular flexibility index (Phi) is 12.8. The molecule has 0 radical (unpaired) electrons. The van der Waals surface area contributed by atoms with Gasteiger partial charge in [-0.2, -0.15) is 5.10 Å². The number of aromatic nitrogens is 6. The molecule has 1 aromatic carbocycles. The van der Waals surface area contributed by atoms with Crippen LogP contribution >= 0.6 is 0 Å². The van der Waals surface area contributed by atoms with E-state index in [4.69, 9.17) is 14.2 Å². The van der Waals surface area contributed by atoms with Gasteiger partial charge in [-0.3, -0.25) is 19.7 Å². The van der Waals surface area contributed by atoms with Crippen LogP contribution in [0.5, 0.6) is 11.5 Å². The number of nitrogens with zero attached hydrogens (tertiary/aromatic N) is 9. The van der Waals surface area contributed by atoms with Gasteiger partial charge >= 0.3 is 6.09 Å². The molecule has 0 bridgehead atoms. The third kappa shape index (κ3) is 10.1. The van der Waals surface area contributed by atoms with Crippen LogP contribution in [0.25, 0.3) is 10.9 Å². The van der Waals surface area contributed by atoms with Crippen molar-refractivity contribution in [3.63, 3.8) is 0 Å². The number of rotatable bonds is 13. The van der Waals surface area contributed by atoms with Crippen LogP contribution in [-0.4, -0.2) is 147 Å². The lowest BCUT2D eigenvalue weighted by Crippen LogP contribution is -2.58. The molecule has 18 nitrogen and oxygen atoms in total. The average molecular weight is 836 g/mol. The van der Waals surface area contributed by atoms with Gasteiger partial charge in [-0.05, 0) is 74.8 Å². The monoisotopic (exact) mass is 835 g/mol. The highest BCUT2D eigenvalue weighted by molar-refractivity contribution is 7.92. The van der Waals surface area contributed by atoms with Gasteiger partial charge in [0.15, 0.2) is 15.6 Å². The number of sulfone groups is 1. The molecule has 5 heterocycles. The predicted molar refractivity (Wildman–Crippen MR) is 223 cm³/mol. The summed E-state index contributed by atoms with van der Waals surface area (Å²) in [5.41, 5.74) is 1.70. The summed E-state index contributed by atoms with van der Waals surface area (Å²) in [7, 11) is -3.80. The average Bonchev–Trinajstić information content (AvgIpc) is 3.49. The van der Waals surface area contributed by atoms with Crippen LogP contribution in [0.3, 0.4) is 0 Å². The van der Waals surface area contributed by atoms with Gasteiger partial charge in [0.1, 0.15) is 46.9 Å². The number of benzene rings is 1. The number of amides is 2. The van der Waals surface area contributed by atoms with Crippen molar-refractivity contribution in [1.82, 2.24) is 44.8 Å². The van der Waals surface area contributed by atoms with E-state index < -0.39 is 32.3 Å². The Bertz CT molecular complexity index is 2230. The molecule has 4 aromatic rings. The lowest BCUT2D eigenvalue weighted by atomic mass is 10.2. The Morgan fingerprint density at radius 2 is 1.63 bits per heavy atom. The van der Waals surface area contributed by atoms with E-state index in [9.17, 15) is 18.0 Å². The fourth-order valence-corrected chi connectivity index (χ4v) is 8.04. The highest BCUT2D eigenvalue weighted by Gasteiger charge is 2.37. The first kappa shape index (κ1) is 43.3. The molecule has 19 heteroatoms. The topological polar surface area (TPSA) is 201 Å². The smallest absolute Gasteiger partial charge is 0.411 e. The molecule has 3 aromatic heterocycles. The van der Waals surface area contributed by atoms with Crippen molar-refractivity contribution in [2.24, 2.45) is 0 Å². The summed E-state index contributed by atoms with van der Waals surface area (Å²) in [6, 6.07) is 2.67. The molecule has 2 fully saturated rings. The molecule has 6 rings (SSSR count). The predicted octanol–water partition coefficient (Wildman–Crippen LogP) is 4.51. The SMILES string of the molecule is Cc1n[nH]c(Nc2ncnc3cc(OCCCN4CCN(c5ncc(OCCN6CCN(C(=O)OC(C)(C)C)[C@H](C)C6=O)cn5)CC4)c(S(=O)(=O)C(C)(C)C)cc23)c1C. The van der Waals surface area contributed by atoms with E-state index in [0.717, 1.165) is 44.0 Å². The van der Waals surface area contributed by atoms with E-state index in [1.807, 2.05) is 13.8 Å². The van der Waals surface area contributed by atoms with E-state index >= 15 is 0 Å². The van der Waals surface area contributed by atoms with Gasteiger partial charge in [0, 0.05) is 62.8 Å². The Labute approximate surface area is 345 Å². The summed E-state index contributed by atoms with van der Waals surface area (Å²) < 4.78 is 44.2. The highest BCUT2D eigenvalue weighted by Crippen LogP contribution is 2.37. The third-order valence-electron chi connectivity index (χ3n) is 10.4. The number of anilines is 3. The zero-order chi connectivity index (χ0) is 42.7. The van der Waals surface area contributed by atoms with Crippen molar-refractivity contribution >= 4 is 50.3 Å². The Hall–Kier alpha value is -5.30. The molecule has 2 amide bonds. The van der Waals surface area contributed by atoms with Crippen molar-refractivity contribution in [1.29, 1.82) is 0 Å². The minimum Gasteiger partial charge on any atom is -0.492 e. The summed E-state index contributed by atoms with van der Waals surface area (Å²) in [4.78, 5) is 51.1. The molecular weight excluding hydrogens is 779 g/mol. The molecule has 59 heavy (non-hydrogen) atoms. The Balaban J connectivity index is 0.972. The van der Waals surface area contributed by atoms with Crippen LogP contribution < -0.4 is 19.7 Å². The fraction of sp³-hybridized carbons (Fsp3) is 0.575. The minimum atomic E-state index is -3.80. The number of H-pyrrole nitrogens is 1. The van der Waals surface area contributed by atoms with Gasteiger partial charge < -0.3 is 29.3 Å². The number of ether oxygens (including phenoxy) is 3.